The summed E-state index contributed by atoms with van der Waals surface area (Å²) in [5.74, 6) is -0.355. The molecule has 0 saturated heterocycles. The van der Waals surface area contributed by atoms with Crippen molar-refractivity contribution in [2.45, 2.75) is 13.8 Å². The summed E-state index contributed by atoms with van der Waals surface area (Å²) in [6, 6.07) is 8.20. The van der Waals surface area contributed by atoms with Crippen molar-refractivity contribution in [2.75, 3.05) is 0 Å². The topological polar surface area (TPSA) is 59.4 Å². The first kappa shape index (κ1) is 13.4. The van der Waals surface area contributed by atoms with E-state index in [1.165, 1.54) is 12.1 Å². The maximum atomic E-state index is 11.0. The molecule has 2 aromatic rings. The van der Waals surface area contributed by atoms with Gasteiger partial charge in [-0.05, 0) is 37.6 Å². The number of ether oxygens (including phenoxy) is 1. The molecule has 5 heteroatoms. The average molecular weight is 278 g/mol. The highest BCUT2D eigenvalue weighted by atomic mass is 35.5. The van der Waals surface area contributed by atoms with Crippen molar-refractivity contribution in [1.29, 1.82) is 0 Å². The predicted molar refractivity (Wildman–Crippen MR) is 72.2 cm³/mol. The molecule has 0 atom stereocenters. The third kappa shape index (κ3) is 3.23. The zero-order valence-electron chi connectivity index (χ0n) is 10.5. The van der Waals surface area contributed by atoms with E-state index in [9.17, 15) is 4.79 Å². The van der Waals surface area contributed by atoms with E-state index in [2.05, 4.69) is 4.98 Å². The maximum absolute atomic E-state index is 11.0. The Bertz CT molecular complexity index is 641. The summed E-state index contributed by atoms with van der Waals surface area (Å²) in [5.41, 5.74) is 1.69. The first-order chi connectivity index (χ1) is 8.95. The summed E-state index contributed by atoms with van der Waals surface area (Å²) in [6.07, 6.45) is 0. The molecule has 0 aliphatic heterocycles. The van der Waals surface area contributed by atoms with Crippen molar-refractivity contribution in [2.24, 2.45) is 0 Å². The van der Waals surface area contributed by atoms with Gasteiger partial charge in [-0.15, -0.1) is 0 Å². The van der Waals surface area contributed by atoms with Gasteiger partial charge in [0.05, 0.1) is 10.6 Å². The summed E-state index contributed by atoms with van der Waals surface area (Å²) < 4.78 is 5.56. The second kappa shape index (κ2) is 5.28. The molecule has 2 rings (SSSR count). The highest BCUT2D eigenvalue weighted by molar-refractivity contribution is 6.32. The van der Waals surface area contributed by atoms with Gasteiger partial charge >= 0.3 is 5.97 Å². The van der Waals surface area contributed by atoms with E-state index in [-0.39, 0.29) is 11.4 Å². The van der Waals surface area contributed by atoms with Gasteiger partial charge in [0, 0.05) is 11.8 Å². The van der Waals surface area contributed by atoms with Gasteiger partial charge in [0.25, 0.3) is 0 Å². The molecule has 0 bridgehead atoms. The molecule has 1 aromatic heterocycles. The molecule has 0 amide bonds. The molecule has 0 fully saturated rings. The molecule has 1 N–H and O–H groups in total. The molecule has 0 radical (unpaired) electrons. The Morgan fingerprint density at radius 2 is 2.00 bits per heavy atom. The number of rotatable bonds is 3. The summed E-state index contributed by atoms with van der Waals surface area (Å²) in [6.45, 7) is 3.62. The molecule has 0 spiro atoms. The molecular weight excluding hydrogens is 266 g/mol. The SMILES string of the molecule is Cc1ccc(Cl)c(Oc2cc(C(=O)O)cc(C)n2)c1. The molecule has 4 nitrogen and oxygen atoms in total. The number of aromatic carboxylic acids is 1. The van der Waals surface area contributed by atoms with Crippen molar-refractivity contribution < 1.29 is 14.6 Å². The zero-order chi connectivity index (χ0) is 14.0. The summed E-state index contributed by atoms with van der Waals surface area (Å²) >= 11 is 6.02. The molecule has 0 aliphatic rings. The second-order valence-corrected chi connectivity index (χ2v) is 4.58. The van der Waals surface area contributed by atoms with Crippen LogP contribution in [0.3, 0.4) is 0 Å². The molecule has 1 aromatic carbocycles. The molecule has 0 saturated carbocycles. The molecule has 98 valence electrons. The van der Waals surface area contributed by atoms with Crippen molar-refractivity contribution in [3.05, 3.63) is 52.2 Å². The summed E-state index contributed by atoms with van der Waals surface area (Å²) in [4.78, 5) is 15.1. The first-order valence-corrected chi connectivity index (χ1v) is 5.99. The Balaban J connectivity index is 2.38. The standard InChI is InChI=1S/C14H12ClNO3/c1-8-3-4-11(15)12(5-8)19-13-7-10(14(17)18)6-9(2)16-13/h3-7H,1-2H3,(H,17,18). The van der Waals surface area contributed by atoms with Crippen LogP contribution in [-0.2, 0) is 0 Å². The van der Waals surface area contributed by atoms with E-state index in [1.807, 2.05) is 13.0 Å². The van der Waals surface area contributed by atoms with Crippen LogP contribution in [0, 0.1) is 13.8 Å². The van der Waals surface area contributed by atoms with E-state index < -0.39 is 5.97 Å². The fourth-order valence-electron chi connectivity index (χ4n) is 1.62. The van der Waals surface area contributed by atoms with Crippen molar-refractivity contribution >= 4 is 17.6 Å². The van der Waals surface area contributed by atoms with Gasteiger partial charge in [0.2, 0.25) is 5.88 Å². The van der Waals surface area contributed by atoms with Gasteiger partial charge in [-0.3, -0.25) is 0 Å². The highest BCUT2D eigenvalue weighted by Gasteiger charge is 2.10. The minimum absolute atomic E-state index is 0.131. The monoisotopic (exact) mass is 277 g/mol. The van der Waals surface area contributed by atoms with Crippen LogP contribution in [0.15, 0.2) is 30.3 Å². The maximum Gasteiger partial charge on any atom is 0.335 e. The van der Waals surface area contributed by atoms with Gasteiger partial charge in [-0.1, -0.05) is 17.7 Å². The van der Waals surface area contributed by atoms with Crippen LogP contribution in [0.5, 0.6) is 11.6 Å². The fraction of sp³-hybridized carbons (Fsp3) is 0.143. The number of aromatic nitrogens is 1. The Labute approximate surface area is 115 Å². The average Bonchev–Trinajstić information content (AvgIpc) is 2.33. The summed E-state index contributed by atoms with van der Waals surface area (Å²) in [5, 5.41) is 9.44. The number of halogens is 1. The minimum Gasteiger partial charge on any atom is -0.478 e. The number of carbonyl (C=O) groups is 1. The Morgan fingerprint density at radius 1 is 1.26 bits per heavy atom. The Hall–Kier alpha value is -2.07. The fourth-order valence-corrected chi connectivity index (χ4v) is 1.77. The molecule has 1 heterocycles. The number of hydrogen-bond donors (Lipinski definition) is 1. The number of nitrogens with zero attached hydrogens (tertiary/aromatic N) is 1. The van der Waals surface area contributed by atoms with Crippen LogP contribution in [0.25, 0.3) is 0 Å². The van der Waals surface area contributed by atoms with E-state index >= 15 is 0 Å². The minimum atomic E-state index is -1.02. The number of aryl methyl sites for hydroxylation is 2. The lowest BCUT2D eigenvalue weighted by atomic mass is 10.2. The number of benzene rings is 1. The largest absolute Gasteiger partial charge is 0.478 e. The van der Waals surface area contributed by atoms with Gasteiger partial charge in [0.1, 0.15) is 5.75 Å². The number of carboxylic acid groups (broad SMARTS) is 1. The normalized spacial score (nSPS) is 10.3. The zero-order valence-corrected chi connectivity index (χ0v) is 11.2. The lowest BCUT2D eigenvalue weighted by Gasteiger charge is -2.09. The first-order valence-electron chi connectivity index (χ1n) is 5.61. The molecular formula is C14H12ClNO3. The van der Waals surface area contributed by atoms with Crippen LogP contribution in [-0.4, -0.2) is 16.1 Å². The third-order valence-corrected chi connectivity index (χ3v) is 2.79. The van der Waals surface area contributed by atoms with Crippen molar-refractivity contribution in [1.82, 2.24) is 4.98 Å². The molecule has 0 aliphatic carbocycles. The number of pyridine rings is 1. The summed E-state index contributed by atoms with van der Waals surface area (Å²) in [7, 11) is 0. The lowest BCUT2D eigenvalue weighted by Crippen LogP contribution is -2.00. The van der Waals surface area contributed by atoms with Gasteiger partial charge in [-0.2, -0.15) is 0 Å². The molecule has 19 heavy (non-hydrogen) atoms. The van der Waals surface area contributed by atoms with Gasteiger partial charge < -0.3 is 9.84 Å². The van der Waals surface area contributed by atoms with Gasteiger partial charge in [0.15, 0.2) is 0 Å². The Morgan fingerprint density at radius 3 is 2.68 bits per heavy atom. The van der Waals surface area contributed by atoms with Crippen LogP contribution < -0.4 is 4.74 Å². The predicted octanol–water partition coefficient (Wildman–Crippen LogP) is 3.84. The quantitative estimate of drug-likeness (QED) is 0.926. The smallest absolute Gasteiger partial charge is 0.335 e. The number of carboxylic acids is 1. The van der Waals surface area contributed by atoms with E-state index in [0.29, 0.717) is 16.5 Å². The highest BCUT2D eigenvalue weighted by Crippen LogP contribution is 2.29. The Kier molecular flexibility index (Phi) is 3.71. The van der Waals surface area contributed by atoms with Crippen LogP contribution >= 0.6 is 11.6 Å². The number of hydrogen-bond acceptors (Lipinski definition) is 3. The molecule has 0 unspecified atom stereocenters. The van der Waals surface area contributed by atoms with Crippen LogP contribution in [0.2, 0.25) is 5.02 Å². The second-order valence-electron chi connectivity index (χ2n) is 4.18. The van der Waals surface area contributed by atoms with Gasteiger partial charge in [-0.25, -0.2) is 9.78 Å². The van der Waals surface area contributed by atoms with Crippen molar-refractivity contribution in [3.63, 3.8) is 0 Å². The van der Waals surface area contributed by atoms with E-state index in [0.717, 1.165) is 5.56 Å². The lowest BCUT2D eigenvalue weighted by molar-refractivity contribution is 0.0696. The van der Waals surface area contributed by atoms with Crippen LogP contribution in [0.1, 0.15) is 21.6 Å². The van der Waals surface area contributed by atoms with Crippen LogP contribution in [0.4, 0.5) is 0 Å². The van der Waals surface area contributed by atoms with E-state index in [4.69, 9.17) is 21.4 Å². The van der Waals surface area contributed by atoms with E-state index in [1.54, 1.807) is 19.1 Å². The van der Waals surface area contributed by atoms with Crippen molar-refractivity contribution in [3.8, 4) is 11.6 Å². The third-order valence-electron chi connectivity index (χ3n) is 2.48.